The van der Waals surface area contributed by atoms with Gasteiger partial charge < -0.3 is 0 Å². The molecule has 0 aliphatic carbocycles. The maximum absolute atomic E-state index is 5.06. The number of rotatable bonds is 0. The molecule has 0 fully saturated rings. The molecule has 0 saturated heterocycles. The van der Waals surface area contributed by atoms with Crippen LogP contribution in [-0.2, 0) is 26.2 Å². The first-order valence-corrected chi connectivity index (χ1v) is 2.20. The fraction of sp³-hybridized carbons (Fsp3) is 1.00. The number of hydrogen-bond acceptors (Lipinski definition) is 0. The van der Waals surface area contributed by atoms with E-state index in [2.05, 4.69) is 0 Å². The van der Waals surface area contributed by atoms with Gasteiger partial charge in [0.2, 0.25) is 0 Å². The van der Waals surface area contributed by atoms with Crippen LogP contribution < -0.4 is 0 Å². The summed E-state index contributed by atoms with van der Waals surface area (Å²) in [5.74, 6) is 0. The number of hydrogen-bond donors (Lipinski definition) is 0. The van der Waals surface area contributed by atoms with Gasteiger partial charge in [0.05, 0.1) is 0 Å². The van der Waals surface area contributed by atoms with Crippen molar-refractivity contribution in [2.75, 3.05) is 0 Å². The molecule has 0 aliphatic rings. The van der Waals surface area contributed by atoms with E-state index in [-0.39, 0.29) is 26.2 Å². The molecule has 0 N–H and O–H groups in total. The SMILES string of the molecule is CC(Cl)(Cl)Cl.[Zr]. The maximum Gasteiger partial charge on any atom is 0.187 e. The van der Waals surface area contributed by atoms with Crippen LogP contribution in [0.5, 0.6) is 0 Å². The van der Waals surface area contributed by atoms with Gasteiger partial charge in [-0.25, -0.2) is 0 Å². The van der Waals surface area contributed by atoms with Crippen molar-refractivity contribution in [3.63, 3.8) is 0 Å². The zero-order valence-corrected chi connectivity index (χ0v) is 7.86. The van der Waals surface area contributed by atoms with E-state index in [0.29, 0.717) is 0 Å². The second-order valence-corrected chi connectivity index (χ2v) is 3.63. The molecule has 0 heterocycles. The van der Waals surface area contributed by atoms with Crippen LogP contribution in [-0.4, -0.2) is 3.79 Å². The molecule has 0 aromatic rings. The zero-order valence-electron chi connectivity index (χ0n) is 3.13. The van der Waals surface area contributed by atoms with Crippen LogP contribution in [0.3, 0.4) is 0 Å². The molecule has 0 aliphatic heterocycles. The van der Waals surface area contributed by atoms with Gasteiger partial charge >= 0.3 is 0 Å². The van der Waals surface area contributed by atoms with Gasteiger partial charge in [-0.3, -0.25) is 0 Å². The van der Waals surface area contributed by atoms with E-state index in [4.69, 9.17) is 34.8 Å². The molecular formula is C2H3Cl3Zr. The minimum atomic E-state index is -1.08. The van der Waals surface area contributed by atoms with Crippen LogP contribution >= 0.6 is 34.8 Å². The summed E-state index contributed by atoms with van der Waals surface area (Å²) in [4.78, 5) is 0. The zero-order chi connectivity index (χ0) is 4.50. The fourth-order valence-corrected chi connectivity index (χ4v) is 0. The van der Waals surface area contributed by atoms with Crippen molar-refractivity contribution in [3.05, 3.63) is 0 Å². The summed E-state index contributed by atoms with van der Waals surface area (Å²) in [6.45, 7) is 1.48. The van der Waals surface area contributed by atoms with Crippen LogP contribution in [0.1, 0.15) is 6.92 Å². The smallest absolute Gasteiger partial charge is 0.0840 e. The average molecular weight is 225 g/mol. The predicted octanol–water partition coefficient (Wildman–Crippen LogP) is 2.37. The van der Waals surface area contributed by atoms with Gasteiger partial charge in [0, 0.05) is 26.2 Å². The summed E-state index contributed by atoms with van der Waals surface area (Å²) in [6.07, 6.45) is 0. The van der Waals surface area contributed by atoms with Gasteiger partial charge in [0.25, 0.3) is 0 Å². The average Bonchev–Trinajstić information content (AvgIpc) is 0.722. The molecule has 0 unspecified atom stereocenters. The molecule has 6 heavy (non-hydrogen) atoms. The predicted molar refractivity (Wildman–Crippen MR) is 26.0 cm³/mol. The van der Waals surface area contributed by atoms with E-state index in [9.17, 15) is 0 Å². The number of alkyl halides is 3. The first kappa shape index (κ1) is 10.7. The molecule has 0 aromatic heterocycles. The minimum absolute atomic E-state index is 0. The van der Waals surface area contributed by atoms with Crippen LogP contribution in [0.25, 0.3) is 0 Å². The Kier molecular flexibility index (Phi) is 6.62. The standard InChI is InChI=1S/C2H3Cl3.Zr/c1-2(3,4)5;/h1H3;. The van der Waals surface area contributed by atoms with Crippen molar-refractivity contribution < 1.29 is 26.2 Å². The second kappa shape index (κ2) is 3.72. The maximum atomic E-state index is 5.06. The Hall–Kier alpha value is 1.75. The van der Waals surface area contributed by atoms with E-state index in [1.807, 2.05) is 0 Å². The molecule has 0 nitrogen and oxygen atoms in total. The summed E-state index contributed by atoms with van der Waals surface area (Å²) in [5.41, 5.74) is 0. The Labute approximate surface area is 71.3 Å². The largest absolute Gasteiger partial charge is 0.187 e. The molecule has 4 heteroatoms. The van der Waals surface area contributed by atoms with E-state index in [1.165, 1.54) is 6.92 Å². The summed E-state index contributed by atoms with van der Waals surface area (Å²) in [7, 11) is 0. The van der Waals surface area contributed by atoms with Crippen molar-refractivity contribution in [2.45, 2.75) is 10.7 Å². The van der Waals surface area contributed by atoms with Gasteiger partial charge in [0.15, 0.2) is 3.79 Å². The normalized spacial score (nSPS) is 10.0. The van der Waals surface area contributed by atoms with Crippen LogP contribution in [0.4, 0.5) is 0 Å². The Balaban J connectivity index is 0. The Morgan fingerprint density at radius 2 is 1.17 bits per heavy atom. The van der Waals surface area contributed by atoms with E-state index in [1.54, 1.807) is 0 Å². The van der Waals surface area contributed by atoms with Crippen molar-refractivity contribution in [1.82, 2.24) is 0 Å². The summed E-state index contributed by atoms with van der Waals surface area (Å²) < 4.78 is -1.08. The van der Waals surface area contributed by atoms with Crippen molar-refractivity contribution in [2.24, 2.45) is 0 Å². The van der Waals surface area contributed by atoms with Gasteiger partial charge in [0.1, 0.15) is 0 Å². The molecule has 0 rings (SSSR count). The van der Waals surface area contributed by atoms with E-state index < -0.39 is 3.79 Å². The molecular weight excluding hydrogens is 222 g/mol. The Morgan fingerprint density at radius 3 is 1.17 bits per heavy atom. The molecule has 0 atom stereocenters. The van der Waals surface area contributed by atoms with Crippen LogP contribution in [0.2, 0.25) is 0 Å². The quantitative estimate of drug-likeness (QED) is 0.555. The molecule has 0 bridgehead atoms. The molecule has 0 aromatic carbocycles. The van der Waals surface area contributed by atoms with Gasteiger partial charge in [-0.15, -0.1) is 0 Å². The monoisotopic (exact) mass is 222 g/mol. The number of halogens is 3. The van der Waals surface area contributed by atoms with Crippen molar-refractivity contribution >= 4 is 34.8 Å². The van der Waals surface area contributed by atoms with Gasteiger partial charge in [-0.1, -0.05) is 34.8 Å². The topological polar surface area (TPSA) is 0 Å². The summed E-state index contributed by atoms with van der Waals surface area (Å²) in [5, 5.41) is 0. The molecule has 0 amide bonds. The fourth-order valence-electron chi connectivity index (χ4n) is 0. The molecule has 0 spiro atoms. The van der Waals surface area contributed by atoms with E-state index >= 15 is 0 Å². The third-order valence-corrected chi connectivity index (χ3v) is 0. The van der Waals surface area contributed by atoms with Crippen LogP contribution in [0.15, 0.2) is 0 Å². The van der Waals surface area contributed by atoms with Crippen molar-refractivity contribution in [1.29, 1.82) is 0 Å². The summed E-state index contributed by atoms with van der Waals surface area (Å²) in [6, 6.07) is 0. The Bertz CT molecular complexity index is 24.3. The Morgan fingerprint density at radius 1 is 1.17 bits per heavy atom. The summed E-state index contributed by atoms with van der Waals surface area (Å²) >= 11 is 15.2. The molecule has 36 valence electrons. The van der Waals surface area contributed by atoms with Gasteiger partial charge in [-0.2, -0.15) is 0 Å². The first-order chi connectivity index (χ1) is 2.00. The molecule has 0 saturated carbocycles. The van der Waals surface area contributed by atoms with Crippen LogP contribution in [0, 0.1) is 0 Å². The van der Waals surface area contributed by atoms with E-state index in [0.717, 1.165) is 0 Å². The first-order valence-electron chi connectivity index (χ1n) is 1.07. The van der Waals surface area contributed by atoms with Crippen molar-refractivity contribution in [3.8, 4) is 0 Å². The second-order valence-electron chi connectivity index (χ2n) is 0.781. The minimum Gasteiger partial charge on any atom is -0.0840 e. The third-order valence-electron chi connectivity index (χ3n) is 0. The third kappa shape index (κ3) is 42.3. The molecule has 0 radical (unpaired) electrons. The van der Waals surface area contributed by atoms with Gasteiger partial charge in [-0.05, 0) is 6.92 Å².